The minimum atomic E-state index is -1.05. The molecule has 6 heteroatoms. The largest absolute Gasteiger partial charge is 0.481 e. The second-order valence-electron chi connectivity index (χ2n) is 4.04. The quantitative estimate of drug-likeness (QED) is 0.526. The molecule has 0 bridgehead atoms. The Morgan fingerprint density at radius 3 is 2.22 bits per heavy atom. The summed E-state index contributed by atoms with van der Waals surface area (Å²) in [5.74, 6) is -2.98. The third-order valence-corrected chi connectivity index (χ3v) is 2.74. The van der Waals surface area contributed by atoms with E-state index in [1.165, 1.54) is 0 Å². The summed E-state index contributed by atoms with van der Waals surface area (Å²) in [5.41, 5.74) is 0. The van der Waals surface area contributed by atoms with Crippen LogP contribution in [0.25, 0.3) is 0 Å². The zero-order valence-corrected chi connectivity index (χ0v) is 11.0. The molecule has 0 aromatic carbocycles. The zero-order chi connectivity index (χ0) is 14.1. The zero-order valence-electron chi connectivity index (χ0n) is 11.0. The van der Waals surface area contributed by atoms with Gasteiger partial charge in [0.2, 0.25) is 6.79 Å². The molecule has 0 aromatic heterocycles. The normalized spacial score (nSPS) is 13.5. The Kier molecular flexibility index (Phi) is 7.74. The number of carboxylic acids is 1. The molecule has 0 spiro atoms. The third kappa shape index (κ3) is 6.22. The molecule has 0 rings (SSSR count). The molecule has 104 valence electrons. The predicted molar refractivity (Wildman–Crippen MR) is 62.5 cm³/mol. The van der Waals surface area contributed by atoms with Crippen LogP contribution in [-0.4, -0.2) is 29.8 Å². The van der Waals surface area contributed by atoms with E-state index in [1.54, 1.807) is 13.8 Å². The topological polar surface area (TPSA) is 89.9 Å². The van der Waals surface area contributed by atoms with Gasteiger partial charge in [-0.25, -0.2) is 0 Å². The van der Waals surface area contributed by atoms with Crippen LogP contribution in [0.2, 0.25) is 0 Å². The summed E-state index contributed by atoms with van der Waals surface area (Å²) >= 11 is 0. The average molecular weight is 260 g/mol. The Balaban J connectivity index is 4.29. The smallest absolute Gasteiger partial charge is 0.312 e. The molecule has 0 aliphatic rings. The van der Waals surface area contributed by atoms with E-state index >= 15 is 0 Å². The van der Waals surface area contributed by atoms with Crippen molar-refractivity contribution in [2.45, 2.75) is 40.0 Å². The van der Waals surface area contributed by atoms with Gasteiger partial charge in [-0.15, -0.1) is 0 Å². The van der Waals surface area contributed by atoms with Crippen LogP contribution in [0.1, 0.15) is 40.0 Å². The van der Waals surface area contributed by atoms with E-state index in [1.807, 2.05) is 6.92 Å². The maximum absolute atomic E-state index is 11.7. The fourth-order valence-electron chi connectivity index (χ4n) is 1.35. The Bertz CT molecular complexity index is 299. The van der Waals surface area contributed by atoms with Crippen molar-refractivity contribution in [3.05, 3.63) is 0 Å². The molecule has 1 N–H and O–H groups in total. The van der Waals surface area contributed by atoms with Gasteiger partial charge in [-0.3, -0.25) is 14.4 Å². The van der Waals surface area contributed by atoms with E-state index < -0.39 is 30.6 Å². The first-order valence-electron chi connectivity index (χ1n) is 5.96. The van der Waals surface area contributed by atoms with Crippen LogP contribution in [0.15, 0.2) is 0 Å². The first-order valence-corrected chi connectivity index (χ1v) is 5.96. The van der Waals surface area contributed by atoms with Crippen molar-refractivity contribution < 1.29 is 29.0 Å². The first kappa shape index (κ1) is 16.4. The summed E-state index contributed by atoms with van der Waals surface area (Å²) in [6.45, 7) is 4.81. The number of hydrogen-bond acceptors (Lipinski definition) is 5. The van der Waals surface area contributed by atoms with Crippen molar-refractivity contribution in [1.29, 1.82) is 0 Å². The minimum absolute atomic E-state index is 0.101. The van der Waals surface area contributed by atoms with Gasteiger partial charge in [-0.1, -0.05) is 27.2 Å². The number of hydrogen-bond donors (Lipinski definition) is 1. The maximum atomic E-state index is 11.7. The third-order valence-electron chi connectivity index (χ3n) is 2.74. The first-order chi connectivity index (χ1) is 8.42. The summed E-state index contributed by atoms with van der Waals surface area (Å²) in [6.07, 6.45) is 0.582. The number of aliphatic carboxylic acids is 1. The van der Waals surface area contributed by atoms with Gasteiger partial charge in [0.15, 0.2) is 0 Å². The van der Waals surface area contributed by atoms with Crippen molar-refractivity contribution in [3.63, 3.8) is 0 Å². The molecule has 0 fully saturated rings. The minimum Gasteiger partial charge on any atom is -0.481 e. The van der Waals surface area contributed by atoms with Crippen LogP contribution >= 0.6 is 0 Å². The Labute approximate surface area is 106 Å². The Morgan fingerprint density at radius 2 is 1.78 bits per heavy atom. The van der Waals surface area contributed by atoms with Gasteiger partial charge >= 0.3 is 17.9 Å². The lowest BCUT2D eigenvalue weighted by atomic mass is 9.89. The lowest BCUT2D eigenvalue weighted by Gasteiger charge is -2.19. The molecule has 0 aliphatic heterocycles. The summed E-state index contributed by atoms with van der Waals surface area (Å²) < 4.78 is 9.36. The number of rotatable bonds is 8. The van der Waals surface area contributed by atoms with Gasteiger partial charge < -0.3 is 14.6 Å². The van der Waals surface area contributed by atoms with Crippen molar-refractivity contribution in [3.8, 4) is 0 Å². The molecular formula is C12H20O6. The number of esters is 2. The molecule has 2 atom stereocenters. The molecule has 0 heterocycles. The lowest BCUT2D eigenvalue weighted by molar-refractivity contribution is -0.172. The monoisotopic (exact) mass is 260 g/mol. The van der Waals surface area contributed by atoms with Crippen LogP contribution in [0.4, 0.5) is 0 Å². The van der Waals surface area contributed by atoms with Gasteiger partial charge in [0.25, 0.3) is 0 Å². The fraction of sp³-hybridized carbons (Fsp3) is 0.750. The van der Waals surface area contributed by atoms with E-state index in [-0.39, 0.29) is 18.8 Å². The van der Waals surface area contributed by atoms with Crippen LogP contribution in [0.5, 0.6) is 0 Å². The van der Waals surface area contributed by atoms with E-state index in [0.717, 1.165) is 0 Å². The summed E-state index contributed by atoms with van der Waals surface area (Å²) in [4.78, 5) is 33.2. The molecule has 0 saturated carbocycles. The van der Waals surface area contributed by atoms with Crippen molar-refractivity contribution >= 4 is 17.9 Å². The van der Waals surface area contributed by atoms with Gasteiger partial charge in [0, 0.05) is 6.42 Å². The highest BCUT2D eigenvalue weighted by molar-refractivity contribution is 5.79. The summed E-state index contributed by atoms with van der Waals surface area (Å²) in [6, 6.07) is 0. The van der Waals surface area contributed by atoms with Gasteiger partial charge in [0.1, 0.15) is 0 Å². The van der Waals surface area contributed by atoms with Crippen LogP contribution < -0.4 is 0 Å². The summed E-state index contributed by atoms with van der Waals surface area (Å²) in [5, 5.41) is 8.74. The van der Waals surface area contributed by atoms with Crippen LogP contribution in [0, 0.1) is 11.8 Å². The standard InChI is InChI=1S/C12H20O6/c1-4-8(3)9(6-10(13)14)12(16)18-7-17-11(15)5-2/h8-9H,4-7H2,1-3H3,(H,13,14). The number of ether oxygens (including phenoxy) is 2. The molecule has 0 aliphatic carbocycles. The van der Waals surface area contributed by atoms with E-state index in [0.29, 0.717) is 6.42 Å². The van der Waals surface area contributed by atoms with Gasteiger partial charge in [-0.2, -0.15) is 0 Å². The highest BCUT2D eigenvalue weighted by Gasteiger charge is 2.28. The highest BCUT2D eigenvalue weighted by atomic mass is 16.7. The van der Waals surface area contributed by atoms with Crippen molar-refractivity contribution in [2.24, 2.45) is 11.8 Å². The van der Waals surface area contributed by atoms with E-state index in [4.69, 9.17) is 9.84 Å². The summed E-state index contributed by atoms with van der Waals surface area (Å²) in [7, 11) is 0. The van der Waals surface area contributed by atoms with Gasteiger partial charge in [-0.05, 0) is 5.92 Å². The Morgan fingerprint density at radius 1 is 1.17 bits per heavy atom. The number of carboxylic acid groups (broad SMARTS) is 1. The van der Waals surface area contributed by atoms with Crippen molar-refractivity contribution in [2.75, 3.05) is 6.79 Å². The van der Waals surface area contributed by atoms with Crippen LogP contribution in [-0.2, 0) is 23.9 Å². The second kappa shape index (κ2) is 8.49. The lowest BCUT2D eigenvalue weighted by Crippen LogP contribution is -2.27. The molecule has 2 unspecified atom stereocenters. The molecule has 6 nitrogen and oxygen atoms in total. The molecule has 0 radical (unpaired) electrons. The predicted octanol–water partition coefficient (Wildman–Crippen LogP) is 1.58. The molecular weight excluding hydrogens is 240 g/mol. The fourth-order valence-corrected chi connectivity index (χ4v) is 1.35. The highest BCUT2D eigenvalue weighted by Crippen LogP contribution is 2.20. The number of carbonyl (C=O) groups excluding carboxylic acids is 2. The van der Waals surface area contributed by atoms with Crippen molar-refractivity contribution in [1.82, 2.24) is 0 Å². The van der Waals surface area contributed by atoms with E-state index in [9.17, 15) is 14.4 Å². The van der Waals surface area contributed by atoms with E-state index in [2.05, 4.69) is 4.74 Å². The molecule has 0 saturated heterocycles. The molecule has 0 aromatic rings. The average Bonchev–Trinajstić information content (AvgIpc) is 2.34. The molecule has 0 amide bonds. The van der Waals surface area contributed by atoms with Gasteiger partial charge in [0.05, 0.1) is 12.3 Å². The Hall–Kier alpha value is -1.59. The maximum Gasteiger partial charge on any atom is 0.312 e. The number of carbonyl (C=O) groups is 3. The second-order valence-corrected chi connectivity index (χ2v) is 4.04. The molecule has 18 heavy (non-hydrogen) atoms. The van der Waals surface area contributed by atoms with Crippen LogP contribution in [0.3, 0.4) is 0 Å². The SMILES string of the molecule is CCC(=O)OCOC(=O)C(CC(=O)O)C(C)CC.